The normalized spacial score (nSPS) is 11.9. The fraction of sp³-hybridized carbons (Fsp3) is 0.214. The van der Waals surface area contributed by atoms with Crippen LogP contribution in [0.15, 0.2) is 53.5 Å². The first kappa shape index (κ1) is 16.9. The molecule has 1 aromatic rings. The summed E-state index contributed by atoms with van der Waals surface area (Å²) in [5.41, 5.74) is 0. The third-order valence-electron chi connectivity index (χ3n) is 2.28. The molecule has 1 rings (SSSR count). The Bertz CT molecular complexity index is 617. The molecule has 0 saturated heterocycles. The Balaban J connectivity index is 2.35. The molecule has 0 aliphatic rings. The van der Waals surface area contributed by atoms with Gasteiger partial charge in [0, 0.05) is 6.08 Å². The Morgan fingerprint density at radius 2 is 1.86 bits per heavy atom. The maximum Gasteiger partial charge on any atom is 0.330 e. The molecule has 0 atom stereocenters. The van der Waals surface area contributed by atoms with E-state index < -0.39 is 16.0 Å². The second-order valence-electron chi connectivity index (χ2n) is 3.92. The van der Waals surface area contributed by atoms with Gasteiger partial charge in [0.2, 0.25) is 10.0 Å². The van der Waals surface area contributed by atoms with E-state index >= 15 is 0 Å². The van der Waals surface area contributed by atoms with Gasteiger partial charge < -0.3 is 9.47 Å². The zero-order chi connectivity index (χ0) is 15.7. The van der Waals surface area contributed by atoms with Crippen LogP contribution in [0.25, 0.3) is 0 Å². The molecule has 0 amide bonds. The summed E-state index contributed by atoms with van der Waals surface area (Å²) in [6.07, 6.45) is 6.39. The molecule has 21 heavy (non-hydrogen) atoms. The molecular formula is C14H17NO5S. The highest BCUT2D eigenvalue weighted by Gasteiger charge is 2.06. The molecule has 0 radical (unpaired) electrons. The first-order chi connectivity index (χ1) is 9.93. The average molecular weight is 311 g/mol. The van der Waals surface area contributed by atoms with Crippen LogP contribution < -0.4 is 9.88 Å². The fourth-order valence-corrected chi connectivity index (χ4v) is 1.84. The standard InChI is InChI=1S/C14H17NO5S/c1-2-3-4-5-14(16)20-11-10-19-12-6-8-13(9-7-12)21(15,17)18/h2-9H,10-11H2,1H3,(H2,15,17,18)/b3-2+,5-4+. The highest BCUT2D eigenvalue weighted by molar-refractivity contribution is 7.89. The third kappa shape index (κ3) is 6.73. The molecule has 7 heteroatoms. The largest absolute Gasteiger partial charge is 0.490 e. The van der Waals surface area contributed by atoms with Crippen LogP contribution in [0, 0.1) is 0 Å². The Morgan fingerprint density at radius 3 is 2.43 bits per heavy atom. The van der Waals surface area contributed by atoms with Crippen LogP contribution in [0.2, 0.25) is 0 Å². The number of ether oxygens (including phenoxy) is 2. The summed E-state index contributed by atoms with van der Waals surface area (Å²) in [6.45, 7) is 2.10. The van der Waals surface area contributed by atoms with E-state index in [0.717, 1.165) is 0 Å². The van der Waals surface area contributed by atoms with E-state index in [-0.39, 0.29) is 18.1 Å². The van der Waals surface area contributed by atoms with Gasteiger partial charge in [0.1, 0.15) is 19.0 Å². The van der Waals surface area contributed by atoms with Gasteiger partial charge in [-0.2, -0.15) is 0 Å². The first-order valence-electron chi connectivity index (χ1n) is 6.15. The van der Waals surface area contributed by atoms with Crippen molar-refractivity contribution in [1.29, 1.82) is 0 Å². The van der Waals surface area contributed by atoms with Crippen LogP contribution in [0.4, 0.5) is 0 Å². The molecule has 2 N–H and O–H groups in total. The van der Waals surface area contributed by atoms with Crippen molar-refractivity contribution in [3.63, 3.8) is 0 Å². The number of nitrogens with two attached hydrogens (primary N) is 1. The van der Waals surface area contributed by atoms with Gasteiger partial charge >= 0.3 is 5.97 Å². The minimum Gasteiger partial charge on any atom is -0.490 e. The molecular weight excluding hydrogens is 294 g/mol. The molecule has 1 aromatic carbocycles. The van der Waals surface area contributed by atoms with Gasteiger partial charge in [-0.1, -0.05) is 18.2 Å². The third-order valence-corrected chi connectivity index (χ3v) is 3.21. The van der Waals surface area contributed by atoms with Gasteiger partial charge in [0.25, 0.3) is 0 Å². The van der Waals surface area contributed by atoms with Crippen molar-refractivity contribution in [1.82, 2.24) is 0 Å². The molecule has 0 aliphatic heterocycles. The van der Waals surface area contributed by atoms with E-state index in [1.54, 1.807) is 18.2 Å². The summed E-state index contributed by atoms with van der Waals surface area (Å²) in [6, 6.07) is 5.65. The molecule has 0 spiro atoms. The monoisotopic (exact) mass is 311 g/mol. The molecule has 0 aromatic heterocycles. The second kappa shape index (κ2) is 8.23. The SMILES string of the molecule is C/C=C/C=C/C(=O)OCCOc1ccc(S(N)(=O)=O)cc1. The lowest BCUT2D eigenvalue weighted by Crippen LogP contribution is -2.12. The van der Waals surface area contributed by atoms with Crippen LogP contribution in [-0.4, -0.2) is 27.6 Å². The van der Waals surface area contributed by atoms with E-state index in [2.05, 4.69) is 0 Å². The van der Waals surface area contributed by atoms with Gasteiger partial charge in [-0.3, -0.25) is 0 Å². The predicted molar refractivity (Wildman–Crippen MR) is 78.2 cm³/mol. The van der Waals surface area contributed by atoms with E-state index in [9.17, 15) is 13.2 Å². The number of hydrogen-bond acceptors (Lipinski definition) is 5. The molecule has 6 nitrogen and oxygen atoms in total. The maximum absolute atomic E-state index is 11.2. The quantitative estimate of drug-likeness (QED) is 0.355. The van der Waals surface area contributed by atoms with Crippen molar-refractivity contribution in [2.24, 2.45) is 5.14 Å². The Kier molecular flexibility index (Phi) is 6.64. The van der Waals surface area contributed by atoms with Crippen LogP contribution in [0.1, 0.15) is 6.92 Å². The summed E-state index contributed by atoms with van der Waals surface area (Å²) >= 11 is 0. The van der Waals surface area contributed by atoms with Crippen LogP contribution >= 0.6 is 0 Å². The van der Waals surface area contributed by atoms with E-state index in [0.29, 0.717) is 5.75 Å². The average Bonchev–Trinajstić information content (AvgIpc) is 2.43. The first-order valence-corrected chi connectivity index (χ1v) is 7.70. The molecule has 0 saturated carbocycles. The number of sulfonamides is 1. The molecule has 0 fully saturated rings. The Hall–Kier alpha value is -2.12. The van der Waals surface area contributed by atoms with Crippen molar-refractivity contribution in [3.8, 4) is 5.75 Å². The number of allylic oxidation sites excluding steroid dienone is 3. The second-order valence-corrected chi connectivity index (χ2v) is 5.48. The Labute approximate surface area is 123 Å². The fourth-order valence-electron chi connectivity index (χ4n) is 1.32. The molecule has 0 unspecified atom stereocenters. The lowest BCUT2D eigenvalue weighted by Gasteiger charge is -2.06. The van der Waals surface area contributed by atoms with Crippen molar-refractivity contribution in [2.45, 2.75) is 11.8 Å². The molecule has 114 valence electrons. The van der Waals surface area contributed by atoms with E-state index in [1.165, 1.54) is 30.3 Å². The Morgan fingerprint density at radius 1 is 1.19 bits per heavy atom. The van der Waals surface area contributed by atoms with Crippen molar-refractivity contribution in [3.05, 3.63) is 48.6 Å². The summed E-state index contributed by atoms with van der Waals surface area (Å²) < 4.78 is 32.3. The smallest absolute Gasteiger partial charge is 0.330 e. The van der Waals surface area contributed by atoms with E-state index in [1.807, 2.05) is 6.92 Å². The lowest BCUT2D eigenvalue weighted by atomic mass is 10.3. The van der Waals surface area contributed by atoms with Crippen molar-refractivity contribution in [2.75, 3.05) is 13.2 Å². The van der Waals surface area contributed by atoms with Gasteiger partial charge in [0.05, 0.1) is 4.90 Å². The number of carbonyl (C=O) groups is 1. The zero-order valence-electron chi connectivity index (χ0n) is 11.6. The predicted octanol–water partition coefficient (Wildman–Crippen LogP) is 1.39. The van der Waals surface area contributed by atoms with Crippen molar-refractivity contribution >= 4 is 16.0 Å². The molecule has 0 bridgehead atoms. The van der Waals surface area contributed by atoms with Crippen LogP contribution in [0.5, 0.6) is 5.75 Å². The minimum absolute atomic E-state index is 0.00962. The minimum atomic E-state index is -3.71. The molecule has 0 heterocycles. The lowest BCUT2D eigenvalue weighted by molar-refractivity contribution is -0.138. The van der Waals surface area contributed by atoms with Crippen LogP contribution in [-0.2, 0) is 19.6 Å². The highest BCUT2D eigenvalue weighted by atomic mass is 32.2. The van der Waals surface area contributed by atoms with Crippen molar-refractivity contribution < 1.29 is 22.7 Å². The maximum atomic E-state index is 11.2. The number of hydrogen-bond donors (Lipinski definition) is 1. The van der Waals surface area contributed by atoms with Crippen LogP contribution in [0.3, 0.4) is 0 Å². The summed E-state index contributed by atoms with van der Waals surface area (Å²) in [5.74, 6) is 0.00387. The topological polar surface area (TPSA) is 95.7 Å². The summed E-state index contributed by atoms with van der Waals surface area (Å²) in [7, 11) is -3.71. The van der Waals surface area contributed by atoms with Gasteiger partial charge in [-0.05, 0) is 31.2 Å². The highest BCUT2D eigenvalue weighted by Crippen LogP contribution is 2.14. The number of primary sulfonamides is 1. The summed E-state index contributed by atoms with van der Waals surface area (Å²) in [5, 5.41) is 4.97. The number of carbonyl (C=O) groups excluding carboxylic acids is 1. The number of rotatable bonds is 7. The van der Waals surface area contributed by atoms with Gasteiger partial charge in [-0.15, -0.1) is 0 Å². The number of esters is 1. The van der Waals surface area contributed by atoms with Gasteiger partial charge in [0.15, 0.2) is 0 Å². The summed E-state index contributed by atoms with van der Waals surface area (Å²) in [4.78, 5) is 11.2. The van der Waals surface area contributed by atoms with Gasteiger partial charge in [-0.25, -0.2) is 18.4 Å². The number of benzene rings is 1. The zero-order valence-corrected chi connectivity index (χ0v) is 12.4. The van der Waals surface area contributed by atoms with E-state index in [4.69, 9.17) is 14.6 Å². The molecule has 0 aliphatic carbocycles.